The van der Waals surface area contributed by atoms with E-state index < -0.39 is 11.8 Å². The lowest BCUT2D eigenvalue weighted by Crippen LogP contribution is -2.00. The van der Waals surface area contributed by atoms with Gasteiger partial charge in [-0.05, 0) is 48.9 Å². The van der Waals surface area contributed by atoms with Gasteiger partial charge in [-0.2, -0.15) is 0 Å². The zero-order valence-corrected chi connectivity index (χ0v) is 16.9. The van der Waals surface area contributed by atoms with E-state index in [4.69, 9.17) is 9.47 Å². The third-order valence-corrected chi connectivity index (χ3v) is 4.84. The number of carbonyl (C=O) groups is 2. The van der Waals surface area contributed by atoms with Crippen LogP contribution in [0.25, 0.3) is 22.4 Å². The Kier molecular flexibility index (Phi) is 5.49. The van der Waals surface area contributed by atoms with Gasteiger partial charge in [-0.3, -0.25) is 4.79 Å². The molecule has 4 rings (SSSR count). The van der Waals surface area contributed by atoms with Crippen LogP contribution in [0.15, 0.2) is 60.7 Å². The molecule has 3 aromatic carbocycles. The molecule has 4 aromatic rings. The van der Waals surface area contributed by atoms with Crippen molar-refractivity contribution < 1.29 is 23.5 Å². The third kappa shape index (κ3) is 4.30. The van der Waals surface area contributed by atoms with Crippen molar-refractivity contribution in [3.05, 3.63) is 83.2 Å². The molecule has 7 heteroatoms. The number of benzene rings is 3. The largest absolute Gasteiger partial charge is 0.489 e. The van der Waals surface area contributed by atoms with Gasteiger partial charge in [0.25, 0.3) is 0 Å². The van der Waals surface area contributed by atoms with E-state index in [1.54, 1.807) is 48.5 Å². The highest BCUT2D eigenvalue weighted by molar-refractivity contribution is 5.94. The summed E-state index contributed by atoms with van der Waals surface area (Å²) in [7, 11) is 1.31. The van der Waals surface area contributed by atoms with Crippen molar-refractivity contribution in [1.82, 2.24) is 9.97 Å². The Morgan fingerprint density at radius 2 is 1.87 bits per heavy atom. The second kappa shape index (κ2) is 8.39. The summed E-state index contributed by atoms with van der Waals surface area (Å²) in [6.45, 7) is 1.71. The Morgan fingerprint density at radius 3 is 2.61 bits per heavy atom. The number of carbonyl (C=O) groups excluding carboxylic acids is 2. The first-order chi connectivity index (χ1) is 14.9. The molecule has 156 valence electrons. The normalized spacial score (nSPS) is 10.8. The topological polar surface area (TPSA) is 81.3 Å². The molecule has 0 saturated carbocycles. The number of methoxy groups -OCH3 is 1. The maximum absolute atomic E-state index is 14.8. The van der Waals surface area contributed by atoms with Gasteiger partial charge in [0.05, 0.1) is 29.3 Å². The van der Waals surface area contributed by atoms with Crippen LogP contribution in [0.4, 0.5) is 4.39 Å². The molecule has 0 radical (unpaired) electrons. The molecule has 31 heavy (non-hydrogen) atoms. The number of imidazole rings is 1. The molecular weight excluding hydrogens is 399 g/mol. The van der Waals surface area contributed by atoms with Crippen LogP contribution < -0.4 is 4.74 Å². The van der Waals surface area contributed by atoms with Gasteiger partial charge < -0.3 is 14.5 Å². The average molecular weight is 418 g/mol. The number of hydrogen-bond acceptors (Lipinski definition) is 5. The maximum atomic E-state index is 14.8. The summed E-state index contributed by atoms with van der Waals surface area (Å²) in [5.41, 5.74) is 3.28. The van der Waals surface area contributed by atoms with Crippen molar-refractivity contribution in [2.75, 3.05) is 7.11 Å². The van der Waals surface area contributed by atoms with Gasteiger partial charge in [0.1, 0.15) is 24.0 Å². The third-order valence-electron chi connectivity index (χ3n) is 4.84. The lowest BCUT2D eigenvalue weighted by Gasteiger charge is -2.08. The summed E-state index contributed by atoms with van der Waals surface area (Å²) in [6.07, 6.45) is 0. The molecule has 0 amide bonds. The number of ether oxygens (including phenoxy) is 2. The number of aromatic nitrogens is 2. The minimum atomic E-state index is -0.498. The van der Waals surface area contributed by atoms with Crippen molar-refractivity contribution >= 4 is 22.8 Å². The molecule has 6 nitrogen and oxygen atoms in total. The number of hydrogen-bond donors (Lipinski definition) is 1. The predicted octanol–water partition coefficient (Wildman–Crippen LogP) is 4.94. The van der Waals surface area contributed by atoms with E-state index in [1.807, 2.05) is 6.07 Å². The highest BCUT2D eigenvalue weighted by Crippen LogP contribution is 2.27. The molecule has 0 aliphatic rings. The molecule has 0 aliphatic carbocycles. The zero-order chi connectivity index (χ0) is 22.0. The molecular formula is C24H19FN2O4. The second-order valence-corrected chi connectivity index (χ2v) is 7.00. The molecule has 0 unspecified atom stereocenters. The number of fused-ring (bicyclic) bond motifs is 1. The zero-order valence-electron chi connectivity index (χ0n) is 16.9. The van der Waals surface area contributed by atoms with Crippen molar-refractivity contribution in [3.63, 3.8) is 0 Å². The molecule has 1 aromatic heterocycles. The molecule has 1 heterocycles. The molecule has 0 atom stereocenters. The summed E-state index contributed by atoms with van der Waals surface area (Å²) >= 11 is 0. The molecule has 0 bridgehead atoms. The summed E-state index contributed by atoms with van der Waals surface area (Å²) < 4.78 is 25.2. The number of nitrogens with zero attached hydrogens (tertiary/aromatic N) is 1. The molecule has 0 aliphatic heterocycles. The number of rotatable bonds is 6. The summed E-state index contributed by atoms with van der Waals surface area (Å²) in [4.78, 5) is 30.6. The highest BCUT2D eigenvalue weighted by Gasteiger charge is 2.13. The Balaban J connectivity index is 1.54. The first-order valence-electron chi connectivity index (χ1n) is 9.55. The van der Waals surface area contributed by atoms with E-state index >= 15 is 0 Å². The van der Waals surface area contributed by atoms with Gasteiger partial charge in [0.2, 0.25) is 0 Å². The monoisotopic (exact) mass is 418 g/mol. The van der Waals surface area contributed by atoms with Crippen LogP contribution in [0.1, 0.15) is 33.2 Å². The fourth-order valence-electron chi connectivity index (χ4n) is 3.21. The smallest absolute Gasteiger partial charge is 0.337 e. The number of H-pyrrole nitrogens is 1. The van der Waals surface area contributed by atoms with Crippen LogP contribution in [0.2, 0.25) is 0 Å². The van der Waals surface area contributed by atoms with Crippen molar-refractivity contribution in [2.24, 2.45) is 0 Å². The predicted molar refractivity (Wildman–Crippen MR) is 114 cm³/mol. The summed E-state index contributed by atoms with van der Waals surface area (Å²) in [5.74, 6) is -0.280. The summed E-state index contributed by atoms with van der Waals surface area (Å²) in [6, 6.07) is 16.5. The van der Waals surface area contributed by atoms with Crippen LogP contribution in [0.3, 0.4) is 0 Å². The van der Waals surface area contributed by atoms with Crippen LogP contribution >= 0.6 is 0 Å². The van der Waals surface area contributed by atoms with Gasteiger partial charge in [-0.15, -0.1) is 0 Å². The van der Waals surface area contributed by atoms with E-state index in [0.717, 1.165) is 5.56 Å². The SMILES string of the molecule is COC(=O)c1ccc2nc(-c3ccc(OCc4cccc(C(C)=O)c4)cc3F)[nH]c2c1. The number of ketones is 1. The Hall–Kier alpha value is -4.00. The van der Waals surface area contributed by atoms with Crippen LogP contribution in [-0.2, 0) is 11.3 Å². The average Bonchev–Trinajstić information content (AvgIpc) is 3.20. The Labute approximate surface area is 177 Å². The number of halogens is 1. The summed E-state index contributed by atoms with van der Waals surface area (Å²) in [5, 5.41) is 0. The lowest BCUT2D eigenvalue weighted by atomic mass is 10.1. The molecule has 0 spiro atoms. The fraction of sp³-hybridized carbons (Fsp3) is 0.125. The van der Waals surface area contributed by atoms with Gasteiger partial charge in [0.15, 0.2) is 5.78 Å². The van der Waals surface area contributed by atoms with Gasteiger partial charge in [0, 0.05) is 11.6 Å². The van der Waals surface area contributed by atoms with Gasteiger partial charge in [-0.1, -0.05) is 18.2 Å². The van der Waals surface area contributed by atoms with E-state index in [1.165, 1.54) is 20.1 Å². The van der Waals surface area contributed by atoms with E-state index in [9.17, 15) is 14.0 Å². The first-order valence-corrected chi connectivity index (χ1v) is 9.55. The minimum absolute atomic E-state index is 0.0261. The number of Topliss-reactive ketones (excluding diaryl/α,β-unsaturated/α-hetero) is 1. The number of aromatic amines is 1. The van der Waals surface area contributed by atoms with Crippen molar-refractivity contribution in [2.45, 2.75) is 13.5 Å². The van der Waals surface area contributed by atoms with Crippen LogP contribution in [-0.4, -0.2) is 28.8 Å². The van der Waals surface area contributed by atoms with E-state index in [2.05, 4.69) is 9.97 Å². The Morgan fingerprint density at radius 1 is 1.03 bits per heavy atom. The van der Waals surface area contributed by atoms with Gasteiger partial charge in [-0.25, -0.2) is 14.2 Å². The van der Waals surface area contributed by atoms with Crippen molar-refractivity contribution in [1.29, 1.82) is 0 Å². The quantitative estimate of drug-likeness (QED) is 0.354. The second-order valence-electron chi connectivity index (χ2n) is 7.00. The van der Waals surface area contributed by atoms with E-state index in [-0.39, 0.29) is 18.0 Å². The number of nitrogens with one attached hydrogen (secondary N) is 1. The molecule has 0 saturated heterocycles. The standard InChI is InChI=1S/C24H19FN2O4/c1-14(28)16-5-3-4-15(10-16)13-31-18-7-8-19(20(25)12-18)23-26-21-9-6-17(24(29)30-2)11-22(21)27-23/h3-12H,13H2,1-2H3,(H,26,27). The van der Waals surface area contributed by atoms with Crippen molar-refractivity contribution in [3.8, 4) is 17.1 Å². The van der Waals surface area contributed by atoms with Crippen LogP contribution in [0.5, 0.6) is 5.75 Å². The first kappa shape index (κ1) is 20.3. The van der Waals surface area contributed by atoms with Crippen LogP contribution in [0, 0.1) is 5.82 Å². The maximum Gasteiger partial charge on any atom is 0.337 e. The molecule has 1 N–H and O–H groups in total. The lowest BCUT2D eigenvalue weighted by molar-refractivity contribution is 0.0600. The minimum Gasteiger partial charge on any atom is -0.489 e. The highest BCUT2D eigenvalue weighted by atomic mass is 19.1. The fourth-order valence-corrected chi connectivity index (χ4v) is 3.21. The van der Waals surface area contributed by atoms with E-state index in [0.29, 0.717) is 33.7 Å². The van der Waals surface area contributed by atoms with Gasteiger partial charge >= 0.3 is 5.97 Å². The number of esters is 1. The Bertz CT molecular complexity index is 1300. The molecule has 0 fully saturated rings.